The molecule has 2 aromatic rings. The van der Waals surface area contributed by atoms with Crippen LogP contribution in [-0.4, -0.2) is 5.11 Å². The van der Waals surface area contributed by atoms with Gasteiger partial charge in [0.1, 0.15) is 18.2 Å². The zero-order chi connectivity index (χ0) is 16.1. The number of hydrogen-bond donors (Lipinski definition) is 1. The highest BCUT2D eigenvalue weighted by Crippen LogP contribution is 2.38. The van der Waals surface area contributed by atoms with Gasteiger partial charge in [-0.25, -0.2) is 4.39 Å². The average Bonchev–Trinajstić information content (AvgIpc) is 2.54. The van der Waals surface area contributed by atoms with Gasteiger partial charge in [-0.3, -0.25) is 0 Å². The normalized spacial score (nSPS) is 13.7. The van der Waals surface area contributed by atoms with Gasteiger partial charge in [0.25, 0.3) is 0 Å². The molecule has 1 N–H and O–H groups in total. The third kappa shape index (κ3) is 3.87. The molecule has 22 heavy (non-hydrogen) atoms. The van der Waals surface area contributed by atoms with E-state index in [0.717, 1.165) is 12.0 Å². The lowest BCUT2D eigenvalue weighted by Gasteiger charge is -2.21. The first-order chi connectivity index (χ1) is 10.5. The van der Waals surface area contributed by atoms with Crippen molar-refractivity contribution in [1.82, 2.24) is 0 Å². The maximum Gasteiger partial charge on any atom is 0.134 e. The Labute approximate surface area is 139 Å². The van der Waals surface area contributed by atoms with Gasteiger partial charge in [-0.15, -0.1) is 0 Å². The lowest BCUT2D eigenvalue weighted by atomic mass is 9.95. The van der Waals surface area contributed by atoms with Crippen LogP contribution in [0.4, 0.5) is 4.39 Å². The summed E-state index contributed by atoms with van der Waals surface area (Å²) in [5.41, 5.74) is 1.29. The fourth-order valence-corrected chi connectivity index (χ4v) is 2.85. The molecule has 0 amide bonds. The first-order valence-corrected chi connectivity index (χ1v) is 8.16. The predicted octanol–water partition coefficient (Wildman–Crippen LogP) is 5.25. The molecule has 0 heterocycles. The molecule has 0 radical (unpaired) electrons. The van der Waals surface area contributed by atoms with Crippen LogP contribution in [-0.2, 0) is 6.61 Å². The highest BCUT2D eigenvalue weighted by Gasteiger charge is 2.23. The molecule has 2 aromatic carbocycles. The molecule has 0 aromatic heterocycles. The molecule has 2 unspecified atom stereocenters. The van der Waals surface area contributed by atoms with E-state index in [1.165, 1.54) is 6.07 Å². The van der Waals surface area contributed by atoms with E-state index in [4.69, 9.17) is 4.74 Å². The van der Waals surface area contributed by atoms with Gasteiger partial charge in [0.05, 0.1) is 10.6 Å². The molecule has 0 saturated carbocycles. The maximum atomic E-state index is 14.1. The second-order valence-corrected chi connectivity index (χ2v) is 6.17. The van der Waals surface area contributed by atoms with Crippen LogP contribution in [0, 0.1) is 11.7 Å². The third-order valence-electron chi connectivity index (χ3n) is 3.81. The Morgan fingerprint density at radius 1 is 1.18 bits per heavy atom. The zero-order valence-corrected chi connectivity index (χ0v) is 14.3. The van der Waals surface area contributed by atoms with Gasteiger partial charge < -0.3 is 9.84 Å². The monoisotopic (exact) mass is 366 g/mol. The Morgan fingerprint density at radius 2 is 1.86 bits per heavy atom. The molecular weight excluding hydrogens is 347 g/mol. The van der Waals surface area contributed by atoms with Crippen LogP contribution < -0.4 is 4.74 Å². The first kappa shape index (κ1) is 17.0. The molecule has 4 heteroatoms. The molecule has 2 nitrogen and oxygen atoms in total. The van der Waals surface area contributed by atoms with Gasteiger partial charge in [-0.1, -0.05) is 50.6 Å². The van der Waals surface area contributed by atoms with Crippen molar-refractivity contribution >= 4 is 15.9 Å². The molecular formula is C18H20BrFO2. The standard InChI is InChI=1S/C18H20BrFO2/c1-3-12(2)18(21)16-14(20)9-10-15(17(16)19)22-11-13-7-5-4-6-8-13/h4-10,12,18,21H,3,11H2,1-2H3. The van der Waals surface area contributed by atoms with Crippen LogP contribution in [0.5, 0.6) is 5.75 Å². The van der Waals surface area contributed by atoms with Gasteiger partial charge in [-0.2, -0.15) is 0 Å². The Balaban J connectivity index is 2.23. The number of aliphatic hydroxyl groups is 1. The van der Waals surface area contributed by atoms with E-state index in [1.807, 2.05) is 44.2 Å². The molecule has 0 fully saturated rings. The number of hydrogen-bond acceptors (Lipinski definition) is 2. The maximum absolute atomic E-state index is 14.1. The number of halogens is 2. The smallest absolute Gasteiger partial charge is 0.134 e. The topological polar surface area (TPSA) is 29.5 Å². The summed E-state index contributed by atoms with van der Waals surface area (Å²) in [6, 6.07) is 12.7. The van der Waals surface area contributed by atoms with Crippen molar-refractivity contribution in [3.8, 4) is 5.75 Å². The van der Waals surface area contributed by atoms with Gasteiger partial charge in [-0.05, 0) is 39.5 Å². The van der Waals surface area contributed by atoms with Gasteiger partial charge in [0.15, 0.2) is 0 Å². The third-order valence-corrected chi connectivity index (χ3v) is 4.62. The number of aliphatic hydroxyl groups excluding tert-OH is 1. The van der Waals surface area contributed by atoms with Gasteiger partial charge in [0.2, 0.25) is 0 Å². The van der Waals surface area contributed by atoms with E-state index in [0.29, 0.717) is 16.8 Å². The van der Waals surface area contributed by atoms with Gasteiger partial charge >= 0.3 is 0 Å². The molecule has 2 atom stereocenters. The predicted molar refractivity (Wildman–Crippen MR) is 89.3 cm³/mol. The van der Waals surface area contributed by atoms with Crippen molar-refractivity contribution < 1.29 is 14.2 Å². The number of rotatable bonds is 6. The summed E-state index contributed by atoms with van der Waals surface area (Å²) < 4.78 is 20.3. The van der Waals surface area contributed by atoms with Gasteiger partial charge in [0, 0.05) is 5.56 Å². The first-order valence-electron chi connectivity index (χ1n) is 7.37. The SMILES string of the molecule is CCC(C)C(O)c1c(F)ccc(OCc2ccccc2)c1Br. The molecule has 0 spiro atoms. The summed E-state index contributed by atoms with van der Waals surface area (Å²) in [6.45, 7) is 4.26. The summed E-state index contributed by atoms with van der Waals surface area (Å²) in [5.74, 6) is 0.0736. The molecule has 0 saturated heterocycles. The summed E-state index contributed by atoms with van der Waals surface area (Å²) >= 11 is 3.38. The summed E-state index contributed by atoms with van der Waals surface area (Å²) in [7, 11) is 0. The minimum Gasteiger partial charge on any atom is -0.488 e. The van der Waals surface area contributed by atoms with E-state index < -0.39 is 11.9 Å². The van der Waals surface area contributed by atoms with Crippen molar-refractivity contribution in [2.45, 2.75) is 33.0 Å². The lowest BCUT2D eigenvalue weighted by molar-refractivity contribution is 0.110. The molecule has 0 aliphatic heterocycles. The van der Waals surface area contributed by atoms with Crippen molar-refractivity contribution in [2.75, 3.05) is 0 Å². The Bertz CT molecular complexity index is 616. The van der Waals surface area contributed by atoms with Crippen LogP contribution >= 0.6 is 15.9 Å². The fraction of sp³-hybridized carbons (Fsp3) is 0.333. The van der Waals surface area contributed by atoms with E-state index in [1.54, 1.807) is 6.07 Å². The Hall–Kier alpha value is -1.39. The van der Waals surface area contributed by atoms with E-state index in [9.17, 15) is 9.50 Å². The van der Waals surface area contributed by atoms with Crippen LogP contribution in [0.3, 0.4) is 0 Å². The van der Waals surface area contributed by atoms with Crippen LogP contribution in [0.15, 0.2) is 46.9 Å². The van der Waals surface area contributed by atoms with E-state index in [2.05, 4.69) is 15.9 Å². The largest absolute Gasteiger partial charge is 0.488 e. The van der Waals surface area contributed by atoms with E-state index in [-0.39, 0.29) is 11.5 Å². The van der Waals surface area contributed by atoms with Crippen molar-refractivity contribution in [3.05, 3.63) is 63.9 Å². The summed E-state index contributed by atoms with van der Waals surface area (Å²) in [6.07, 6.45) is -0.0954. The summed E-state index contributed by atoms with van der Waals surface area (Å²) in [4.78, 5) is 0. The van der Waals surface area contributed by atoms with Crippen LogP contribution in [0.2, 0.25) is 0 Å². The lowest BCUT2D eigenvalue weighted by Crippen LogP contribution is -2.11. The quantitative estimate of drug-likeness (QED) is 0.756. The Kier molecular flexibility index (Phi) is 5.98. The highest BCUT2D eigenvalue weighted by atomic mass is 79.9. The number of ether oxygens (including phenoxy) is 1. The minimum atomic E-state index is -0.861. The van der Waals surface area contributed by atoms with Crippen molar-refractivity contribution in [2.24, 2.45) is 5.92 Å². The van der Waals surface area contributed by atoms with Crippen molar-refractivity contribution in [1.29, 1.82) is 0 Å². The average molecular weight is 367 g/mol. The molecule has 0 bridgehead atoms. The highest BCUT2D eigenvalue weighted by molar-refractivity contribution is 9.10. The second-order valence-electron chi connectivity index (χ2n) is 5.38. The molecule has 2 rings (SSSR count). The Morgan fingerprint density at radius 3 is 2.50 bits per heavy atom. The number of benzene rings is 2. The second kappa shape index (κ2) is 7.75. The summed E-state index contributed by atoms with van der Waals surface area (Å²) in [5, 5.41) is 10.3. The van der Waals surface area contributed by atoms with Crippen LogP contribution in [0.25, 0.3) is 0 Å². The molecule has 0 aliphatic carbocycles. The molecule has 0 aliphatic rings. The van der Waals surface area contributed by atoms with Crippen molar-refractivity contribution in [3.63, 3.8) is 0 Å². The molecule has 118 valence electrons. The zero-order valence-electron chi connectivity index (χ0n) is 12.7. The van der Waals surface area contributed by atoms with E-state index >= 15 is 0 Å². The van der Waals surface area contributed by atoms with Crippen LogP contribution in [0.1, 0.15) is 37.5 Å². The minimum absolute atomic E-state index is 0.0322. The fourth-order valence-electron chi connectivity index (χ4n) is 2.18.